The maximum Gasteiger partial charge on any atom is 0.257 e. The van der Waals surface area contributed by atoms with Crippen LogP contribution in [0.4, 0.5) is 5.82 Å². The summed E-state index contributed by atoms with van der Waals surface area (Å²) >= 11 is 3.39. The van der Waals surface area contributed by atoms with Crippen LogP contribution in [0.15, 0.2) is 16.7 Å². The monoisotopic (exact) mass is 341 g/mol. The molecule has 0 atom stereocenters. The summed E-state index contributed by atoms with van der Waals surface area (Å²) in [5, 5.41) is 2.99. The van der Waals surface area contributed by atoms with Gasteiger partial charge in [0.2, 0.25) is 0 Å². The lowest BCUT2D eigenvalue weighted by Gasteiger charge is -2.23. The first-order valence-corrected chi connectivity index (χ1v) is 8.05. The highest BCUT2D eigenvalue weighted by Crippen LogP contribution is 2.20. The highest BCUT2D eigenvalue weighted by Gasteiger charge is 2.19. The third kappa shape index (κ3) is 4.78. The molecular weight excluding hydrogens is 318 g/mol. The molecule has 0 unspecified atom stereocenters. The number of aromatic nitrogens is 1. The SMILES string of the molecule is CCCCN(CCCC)C(=O)c1cc(Br)cnc1NC. The molecule has 1 aromatic rings. The predicted octanol–water partition coefficient (Wildman–Crippen LogP) is 3.93. The van der Waals surface area contributed by atoms with E-state index in [1.807, 2.05) is 11.0 Å². The second-order valence-electron chi connectivity index (χ2n) is 4.80. The maximum atomic E-state index is 12.7. The van der Waals surface area contributed by atoms with Crippen LogP contribution in [-0.2, 0) is 0 Å². The van der Waals surface area contributed by atoms with Crippen LogP contribution in [0.25, 0.3) is 0 Å². The van der Waals surface area contributed by atoms with Gasteiger partial charge >= 0.3 is 0 Å². The maximum absolute atomic E-state index is 12.7. The summed E-state index contributed by atoms with van der Waals surface area (Å²) < 4.78 is 0.825. The molecule has 0 aliphatic carbocycles. The summed E-state index contributed by atoms with van der Waals surface area (Å²) in [7, 11) is 1.79. The van der Waals surface area contributed by atoms with Gasteiger partial charge in [-0.2, -0.15) is 0 Å². The van der Waals surface area contributed by atoms with Crippen molar-refractivity contribution in [2.24, 2.45) is 0 Å². The molecule has 0 aliphatic rings. The van der Waals surface area contributed by atoms with E-state index in [1.54, 1.807) is 13.2 Å². The zero-order chi connectivity index (χ0) is 15.0. The molecule has 1 rings (SSSR count). The summed E-state index contributed by atoms with van der Waals surface area (Å²) in [6.45, 7) is 5.90. The Morgan fingerprint density at radius 2 is 1.90 bits per heavy atom. The van der Waals surface area contributed by atoms with Crippen LogP contribution in [0, 0.1) is 0 Å². The van der Waals surface area contributed by atoms with Crippen molar-refractivity contribution >= 4 is 27.7 Å². The number of carbonyl (C=O) groups excluding carboxylic acids is 1. The van der Waals surface area contributed by atoms with E-state index >= 15 is 0 Å². The Bertz CT molecular complexity index is 429. The van der Waals surface area contributed by atoms with Crippen LogP contribution in [-0.4, -0.2) is 35.9 Å². The molecule has 0 saturated heterocycles. The quantitative estimate of drug-likeness (QED) is 0.779. The first-order chi connectivity index (χ1) is 9.63. The van der Waals surface area contributed by atoms with Crippen molar-refractivity contribution in [3.8, 4) is 0 Å². The van der Waals surface area contributed by atoms with Crippen LogP contribution >= 0.6 is 15.9 Å². The molecule has 0 radical (unpaired) electrons. The molecule has 4 nitrogen and oxygen atoms in total. The second-order valence-corrected chi connectivity index (χ2v) is 5.71. The lowest BCUT2D eigenvalue weighted by Crippen LogP contribution is -2.33. The molecular formula is C15H24BrN3O. The Morgan fingerprint density at radius 3 is 2.40 bits per heavy atom. The molecule has 0 aliphatic heterocycles. The number of unbranched alkanes of at least 4 members (excludes halogenated alkanes) is 2. The van der Waals surface area contributed by atoms with Gasteiger partial charge in [-0.05, 0) is 34.8 Å². The molecule has 0 spiro atoms. The van der Waals surface area contributed by atoms with Crippen LogP contribution in [0.1, 0.15) is 49.9 Å². The molecule has 1 heterocycles. The third-order valence-electron chi connectivity index (χ3n) is 3.17. The number of rotatable bonds is 8. The summed E-state index contributed by atoms with van der Waals surface area (Å²) in [4.78, 5) is 18.9. The van der Waals surface area contributed by atoms with E-state index in [0.717, 1.165) is 43.2 Å². The van der Waals surface area contributed by atoms with Crippen LogP contribution in [0.3, 0.4) is 0 Å². The minimum atomic E-state index is 0.0602. The summed E-state index contributed by atoms with van der Waals surface area (Å²) in [5.74, 6) is 0.696. The van der Waals surface area contributed by atoms with Crippen LogP contribution < -0.4 is 5.32 Å². The Hall–Kier alpha value is -1.10. The molecule has 0 bridgehead atoms. The molecule has 1 N–H and O–H groups in total. The van der Waals surface area contributed by atoms with Crippen molar-refractivity contribution in [2.75, 3.05) is 25.5 Å². The van der Waals surface area contributed by atoms with E-state index in [1.165, 1.54) is 0 Å². The molecule has 112 valence electrons. The van der Waals surface area contributed by atoms with Crippen molar-refractivity contribution in [2.45, 2.75) is 39.5 Å². The van der Waals surface area contributed by atoms with Crippen molar-refractivity contribution in [3.05, 3.63) is 22.3 Å². The van der Waals surface area contributed by atoms with E-state index in [9.17, 15) is 4.79 Å². The van der Waals surface area contributed by atoms with Crippen molar-refractivity contribution in [1.29, 1.82) is 0 Å². The van der Waals surface area contributed by atoms with E-state index < -0.39 is 0 Å². The van der Waals surface area contributed by atoms with Gasteiger partial charge in [0.05, 0.1) is 5.56 Å². The van der Waals surface area contributed by atoms with Gasteiger partial charge in [0, 0.05) is 30.8 Å². The second kappa shape index (κ2) is 8.95. The smallest absolute Gasteiger partial charge is 0.257 e. The van der Waals surface area contributed by atoms with E-state index in [-0.39, 0.29) is 5.91 Å². The highest BCUT2D eigenvalue weighted by molar-refractivity contribution is 9.10. The lowest BCUT2D eigenvalue weighted by molar-refractivity contribution is 0.0751. The van der Waals surface area contributed by atoms with Crippen molar-refractivity contribution < 1.29 is 4.79 Å². The molecule has 1 amide bonds. The standard InChI is InChI=1S/C15H24BrN3O/c1-4-6-8-19(9-7-5-2)15(20)13-10-12(16)11-18-14(13)17-3/h10-11H,4-9H2,1-3H3,(H,17,18). The van der Waals surface area contributed by atoms with Crippen molar-refractivity contribution in [1.82, 2.24) is 9.88 Å². The van der Waals surface area contributed by atoms with Gasteiger partial charge < -0.3 is 10.2 Å². The number of nitrogens with one attached hydrogen (secondary N) is 1. The van der Waals surface area contributed by atoms with E-state index in [2.05, 4.69) is 40.1 Å². The predicted molar refractivity (Wildman–Crippen MR) is 87.2 cm³/mol. The molecule has 0 aromatic carbocycles. The van der Waals surface area contributed by atoms with Gasteiger partial charge in [0.15, 0.2) is 0 Å². The molecule has 20 heavy (non-hydrogen) atoms. The Labute approximate surface area is 130 Å². The Morgan fingerprint density at radius 1 is 1.30 bits per heavy atom. The fourth-order valence-corrected chi connectivity index (χ4v) is 2.32. The first-order valence-electron chi connectivity index (χ1n) is 7.26. The average molecular weight is 342 g/mol. The molecule has 0 fully saturated rings. The Balaban J connectivity index is 2.94. The lowest BCUT2D eigenvalue weighted by atomic mass is 10.2. The largest absolute Gasteiger partial charge is 0.372 e. The fraction of sp³-hybridized carbons (Fsp3) is 0.600. The first kappa shape index (κ1) is 17.0. The molecule has 0 saturated carbocycles. The van der Waals surface area contributed by atoms with Gasteiger partial charge in [-0.25, -0.2) is 4.98 Å². The highest BCUT2D eigenvalue weighted by atomic mass is 79.9. The number of anilines is 1. The van der Waals surface area contributed by atoms with Crippen molar-refractivity contribution in [3.63, 3.8) is 0 Å². The third-order valence-corrected chi connectivity index (χ3v) is 3.61. The van der Waals surface area contributed by atoms with Crippen LogP contribution in [0.5, 0.6) is 0 Å². The molecule has 1 aromatic heterocycles. The fourth-order valence-electron chi connectivity index (χ4n) is 1.98. The number of amides is 1. The minimum absolute atomic E-state index is 0.0602. The summed E-state index contributed by atoms with van der Waals surface area (Å²) in [6.07, 6.45) is 5.94. The van der Waals surface area contributed by atoms with Gasteiger partial charge in [-0.1, -0.05) is 26.7 Å². The number of pyridine rings is 1. The number of hydrogen-bond acceptors (Lipinski definition) is 3. The normalized spacial score (nSPS) is 10.4. The number of carbonyl (C=O) groups is 1. The van der Waals surface area contributed by atoms with E-state index in [4.69, 9.17) is 0 Å². The zero-order valence-corrected chi connectivity index (χ0v) is 14.2. The van der Waals surface area contributed by atoms with Gasteiger partial charge in [0.1, 0.15) is 5.82 Å². The summed E-state index contributed by atoms with van der Waals surface area (Å²) in [6, 6.07) is 1.84. The number of nitrogens with zero attached hydrogens (tertiary/aromatic N) is 2. The van der Waals surface area contributed by atoms with Gasteiger partial charge in [0.25, 0.3) is 5.91 Å². The average Bonchev–Trinajstić information content (AvgIpc) is 2.46. The minimum Gasteiger partial charge on any atom is -0.372 e. The van der Waals surface area contributed by atoms with E-state index in [0.29, 0.717) is 11.4 Å². The summed E-state index contributed by atoms with van der Waals surface area (Å²) in [5.41, 5.74) is 0.633. The van der Waals surface area contributed by atoms with Gasteiger partial charge in [-0.15, -0.1) is 0 Å². The van der Waals surface area contributed by atoms with Gasteiger partial charge in [-0.3, -0.25) is 4.79 Å². The Kier molecular flexibility index (Phi) is 7.59. The number of hydrogen-bond donors (Lipinski definition) is 1. The van der Waals surface area contributed by atoms with Crippen LogP contribution in [0.2, 0.25) is 0 Å². The number of halogens is 1. The topological polar surface area (TPSA) is 45.2 Å². The molecule has 5 heteroatoms. The zero-order valence-electron chi connectivity index (χ0n) is 12.6.